The van der Waals surface area contributed by atoms with Crippen molar-refractivity contribution in [1.29, 1.82) is 0 Å². The van der Waals surface area contributed by atoms with Crippen molar-refractivity contribution in [3.63, 3.8) is 0 Å². The van der Waals surface area contributed by atoms with Crippen LogP contribution >= 0.6 is 23.1 Å². The van der Waals surface area contributed by atoms with Gasteiger partial charge in [-0.1, -0.05) is 42.1 Å². The molecule has 1 amide bonds. The molecule has 0 aliphatic heterocycles. The largest absolute Gasteiger partial charge is 0.495 e. The Hall–Kier alpha value is -3.56. The number of carbonyl (C=O) groups excluding carboxylic acids is 1. The van der Waals surface area contributed by atoms with Crippen molar-refractivity contribution in [2.75, 3.05) is 18.2 Å². The van der Waals surface area contributed by atoms with Gasteiger partial charge < -0.3 is 14.5 Å². The Morgan fingerprint density at radius 3 is 2.79 bits per heavy atom. The zero-order chi connectivity index (χ0) is 22.8. The number of thioether (sulfide) groups is 1. The Labute approximate surface area is 197 Å². The van der Waals surface area contributed by atoms with E-state index in [1.165, 1.54) is 11.8 Å². The fraction of sp³-hybridized carbons (Fsp3) is 0.125. The van der Waals surface area contributed by atoms with Crippen LogP contribution in [0.15, 0.2) is 80.4 Å². The molecule has 166 valence electrons. The van der Waals surface area contributed by atoms with Gasteiger partial charge in [0.05, 0.1) is 25.1 Å². The first-order valence-corrected chi connectivity index (χ1v) is 12.0. The van der Waals surface area contributed by atoms with E-state index >= 15 is 0 Å². The molecule has 0 unspecified atom stereocenters. The Bertz CT molecular complexity index is 1510. The molecule has 1 N–H and O–H groups in total. The summed E-state index contributed by atoms with van der Waals surface area (Å²) < 4.78 is 12.7. The van der Waals surface area contributed by atoms with Crippen LogP contribution < -0.4 is 15.6 Å². The van der Waals surface area contributed by atoms with Crippen molar-refractivity contribution in [2.45, 2.75) is 11.7 Å². The van der Waals surface area contributed by atoms with Gasteiger partial charge in [0.2, 0.25) is 11.5 Å². The monoisotopic (exact) mass is 477 g/mol. The van der Waals surface area contributed by atoms with Crippen molar-refractivity contribution in [2.24, 2.45) is 0 Å². The molecule has 0 bridgehead atoms. The summed E-state index contributed by atoms with van der Waals surface area (Å²) in [4.78, 5) is 31.8. The Kier molecular flexibility index (Phi) is 5.89. The van der Waals surface area contributed by atoms with E-state index < -0.39 is 0 Å². The van der Waals surface area contributed by atoms with Crippen LogP contribution in [0.1, 0.15) is 4.88 Å². The zero-order valence-corrected chi connectivity index (χ0v) is 19.2. The van der Waals surface area contributed by atoms with Crippen LogP contribution in [0.25, 0.3) is 22.1 Å². The molecule has 0 radical (unpaired) electrons. The summed E-state index contributed by atoms with van der Waals surface area (Å²) in [7, 11) is 1.55. The third-order valence-electron chi connectivity index (χ3n) is 5.05. The van der Waals surface area contributed by atoms with E-state index in [9.17, 15) is 9.59 Å². The van der Waals surface area contributed by atoms with E-state index in [0.29, 0.717) is 34.2 Å². The molecule has 0 aliphatic rings. The van der Waals surface area contributed by atoms with Crippen molar-refractivity contribution in [3.8, 4) is 5.75 Å². The van der Waals surface area contributed by atoms with Gasteiger partial charge in [0, 0.05) is 10.3 Å². The van der Waals surface area contributed by atoms with Gasteiger partial charge >= 0.3 is 0 Å². The van der Waals surface area contributed by atoms with Gasteiger partial charge in [-0.05, 0) is 35.7 Å². The molecule has 0 saturated carbocycles. The molecule has 0 fully saturated rings. The van der Waals surface area contributed by atoms with Gasteiger partial charge in [-0.15, -0.1) is 11.3 Å². The molecular weight excluding hydrogens is 458 g/mol. The van der Waals surface area contributed by atoms with Gasteiger partial charge in [0.1, 0.15) is 16.8 Å². The minimum Gasteiger partial charge on any atom is -0.495 e. The maximum atomic E-state index is 13.4. The molecule has 9 heteroatoms. The highest BCUT2D eigenvalue weighted by Crippen LogP contribution is 2.28. The highest BCUT2D eigenvalue weighted by atomic mass is 32.2. The molecule has 0 aliphatic carbocycles. The van der Waals surface area contributed by atoms with E-state index in [-0.39, 0.29) is 22.8 Å². The lowest BCUT2D eigenvalue weighted by atomic mass is 10.2. The van der Waals surface area contributed by atoms with Gasteiger partial charge in [0.25, 0.3) is 5.56 Å². The number of nitrogens with one attached hydrogen (secondary N) is 1. The molecule has 5 aromatic rings. The van der Waals surface area contributed by atoms with Crippen molar-refractivity contribution in [3.05, 3.63) is 81.3 Å². The summed E-state index contributed by atoms with van der Waals surface area (Å²) in [6.07, 6.45) is 0. The number of hydrogen-bond acceptors (Lipinski definition) is 7. The molecular formula is C24H19N3O4S2. The number of rotatable bonds is 7. The van der Waals surface area contributed by atoms with Gasteiger partial charge in [-0.3, -0.25) is 14.2 Å². The van der Waals surface area contributed by atoms with Crippen LogP contribution in [0, 0.1) is 0 Å². The summed E-state index contributed by atoms with van der Waals surface area (Å²) in [6.45, 7) is 0.354. The number of carbonyl (C=O) groups is 1. The van der Waals surface area contributed by atoms with Crippen LogP contribution in [-0.2, 0) is 11.3 Å². The normalized spacial score (nSPS) is 11.2. The number of para-hydroxylation sites is 3. The topological polar surface area (TPSA) is 86.4 Å². The predicted octanol–water partition coefficient (Wildman–Crippen LogP) is 4.99. The quantitative estimate of drug-likeness (QED) is 0.262. The van der Waals surface area contributed by atoms with Gasteiger partial charge in [0.15, 0.2) is 5.16 Å². The van der Waals surface area contributed by atoms with Crippen molar-refractivity contribution >= 4 is 56.8 Å². The Balaban J connectivity index is 1.49. The fourth-order valence-corrected chi connectivity index (χ4v) is 5.01. The van der Waals surface area contributed by atoms with Crippen LogP contribution in [0.4, 0.5) is 5.69 Å². The second-order valence-corrected chi connectivity index (χ2v) is 9.15. The van der Waals surface area contributed by atoms with Gasteiger partial charge in [-0.2, -0.15) is 0 Å². The van der Waals surface area contributed by atoms with E-state index in [0.717, 1.165) is 10.3 Å². The number of thiophene rings is 1. The van der Waals surface area contributed by atoms with Crippen molar-refractivity contribution < 1.29 is 13.9 Å². The minimum atomic E-state index is -0.266. The van der Waals surface area contributed by atoms with E-state index in [1.54, 1.807) is 35.1 Å². The predicted molar refractivity (Wildman–Crippen MR) is 132 cm³/mol. The lowest BCUT2D eigenvalue weighted by molar-refractivity contribution is -0.113. The summed E-state index contributed by atoms with van der Waals surface area (Å²) in [5.41, 5.74) is 1.65. The molecule has 0 spiro atoms. The molecule has 7 nitrogen and oxygen atoms in total. The smallest absolute Gasteiger partial charge is 0.298 e. The summed E-state index contributed by atoms with van der Waals surface area (Å²) >= 11 is 2.77. The molecule has 2 aromatic carbocycles. The first-order chi connectivity index (χ1) is 16.1. The number of anilines is 1. The maximum Gasteiger partial charge on any atom is 0.298 e. The highest BCUT2D eigenvalue weighted by Gasteiger charge is 2.19. The average molecular weight is 478 g/mol. The summed E-state index contributed by atoms with van der Waals surface area (Å²) in [6, 6.07) is 18.5. The Morgan fingerprint density at radius 1 is 1.15 bits per heavy atom. The second kappa shape index (κ2) is 9.13. The van der Waals surface area contributed by atoms with Crippen molar-refractivity contribution in [1.82, 2.24) is 9.55 Å². The molecule has 3 aromatic heterocycles. The lowest BCUT2D eigenvalue weighted by Gasteiger charge is -2.12. The van der Waals surface area contributed by atoms with E-state index in [2.05, 4.69) is 5.32 Å². The number of amides is 1. The van der Waals surface area contributed by atoms with E-state index in [4.69, 9.17) is 14.1 Å². The van der Waals surface area contributed by atoms with Crippen LogP contribution in [0.5, 0.6) is 5.75 Å². The highest BCUT2D eigenvalue weighted by molar-refractivity contribution is 7.99. The SMILES string of the molecule is COc1ccccc1NC(=O)CSc1nc2c(oc3ccccc32)c(=O)n1Cc1cccs1. The second-order valence-electron chi connectivity index (χ2n) is 7.18. The number of hydrogen-bond donors (Lipinski definition) is 1. The number of nitrogens with zero attached hydrogens (tertiary/aromatic N) is 2. The van der Waals surface area contributed by atoms with E-state index in [1.807, 2.05) is 53.9 Å². The summed E-state index contributed by atoms with van der Waals surface area (Å²) in [5, 5.41) is 6.05. The first-order valence-electron chi connectivity index (χ1n) is 10.1. The molecule has 0 atom stereocenters. The standard InChI is InChI=1S/C24H19N3O4S2/c1-30-19-11-5-3-9-17(19)25-20(28)14-33-24-26-21-16-8-2-4-10-18(16)31-22(21)23(29)27(24)13-15-7-6-12-32-15/h2-12H,13-14H2,1H3,(H,25,28). The fourth-order valence-electron chi connectivity index (χ4n) is 3.53. The number of ether oxygens (including phenoxy) is 1. The number of furan rings is 1. The summed E-state index contributed by atoms with van der Waals surface area (Å²) in [5.74, 6) is 0.435. The number of aromatic nitrogens is 2. The number of methoxy groups -OCH3 is 1. The van der Waals surface area contributed by atoms with Gasteiger partial charge in [-0.25, -0.2) is 4.98 Å². The molecule has 5 rings (SSSR count). The zero-order valence-electron chi connectivity index (χ0n) is 17.6. The lowest BCUT2D eigenvalue weighted by Crippen LogP contribution is -2.24. The third kappa shape index (κ3) is 4.24. The number of benzene rings is 2. The molecule has 33 heavy (non-hydrogen) atoms. The number of fused-ring (bicyclic) bond motifs is 3. The maximum absolute atomic E-state index is 13.4. The van der Waals surface area contributed by atoms with Crippen LogP contribution in [0.2, 0.25) is 0 Å². The average Bonchev–Trinajstić information content (AvgIpc) is 3.48. The van der Waals surface area contributed by atoms with Crippen LogP contribution in [-0.4, -0.2) is 28.3 Å². The third-order valence-corrected chi connectivity index (χ3v) is 6.89. The first kappa shape index (κ1) is 21.3. The molecule has 0 saturated heterocycles. The Morgan fingerprint density at radius 2 is 1.97 bits per heavy atom. The minimum absolute atomic E-state index is 0.0796. The molecule has 3 heterocycles. The van der Waals surface area contributed by atoms with Crippen LogP contribution in [0.3, 0.4) is 0 Å².